The number of nitrogens with one attached hydrogen (secondary N) is 1. The van der Waals surface area contributed by atoms with Crippen LogP contribution in [-0.4, -0.2) is 18.9 Å². The summed E-state index contributed by atoms with van der Waals surface area (Å²) >= 11 is 0. The van der Waals surface area contributed by atoms with E-state index >= 15 is 0 Å². The molecule has 3 aliphatic carbocycles. The molecule has 22 heavy (non-hydrogen) atoms. The minimum atomic E-state index is 0.117. The van der Waals surface area contributed by atoms with Gasteiger partial charge in [-0.05, 0) is 73.6 Å². The summed E-state index contributed by atoms with van der Waals surface area (Å²) in [5.74, 6) is 0.749. The van der Waals surface area contributed by atoms with E-state index in [4.69, 9.17) is 10.1 Å². The molecule has 1 aromatic rings. The van der Waals surface area contributed by atoms with Gasteiger partial charge < -0.3 is 10.1 Å². The van der Waals surface area contributed by atoms with Gasteiger partial charge in [0.1, 0.15) is 0 Å². The summed E-state index contributed by atoms with van der Waals surface area (Å²) in [6.45, 7) is 0. The maximum atomic E-state index is 8.82. The molecule has 1 aromatic carbocycles. The maximum absolute atomic E-state index is 8.82. The number of methoxy groups -OCH3 is 1. The lowest BCUT2D eigenvalue weighted by Gasteiger charge is -2.36. The summed E-state index contributed by atoms with van der Waals surface area (Å²) in [6, 6.07) is 7.04. The molecule has 0 aliphatic heterocycles. The minimum absolute atomic E-state index is 0.117. The van der Waals surface area contributed by atoms with Gasteiger partial charge in [-0.15, -0.1) is 0 Å². The van der Waals surface area contributed by atoms with Crippen molar-refractivity contribution in [1.82, 2.24) is 0 Å². The Morgan fingerprint density at radius 1 is 1.09 bits per heavy atom. The molecule has 0 radical (unpaired) electrons. The Hall–Kier alpha value is -1.15. The van der Waals surface area contributed by atoms with Gasteiger partial charge in [0.25, 0.3) is 0 Å². The van der Waals surface area contributed by atoms with Crippen LogP contribution in [0.25, 0.3) is 0 Å². The van der Waals surface area contributed by atoms with Crippen molar-refractivity contribution in [3.05, 3.63) is 34.9 Å². The molecule has 0 aromatic heterocycles. The molecular formula is C20H27NO. The number of rotatable bonds is 2. The summed E-state index contributed by atoms with van der Waals surface area (Å²) < 4.78 is 5.52. The third kappa shape index (κ3) is 2.23. The zero-order chi connectivity index (χ0) is 15.2. The average Bonchev–Trinajstić information content (AvgIpc) is 3.17. The Balaban J connectivity index is 1.59. The molecular weight excluding hydrogens is 270 g/mol. The molecule has 0 saturated heterocycles. The van der Waals surface area contributed by atoms with Crippen molar-refractivity contribution in [2.75, 3.05) is 7.11 Å². The maximum Gasteiger partial charge on any atom is 0.0572 e. The minimum Gasteiger partial charge on any atom is -0.381 e. The van der Waals surface area contributed by atoms with E-state index in [1.54, 1.807) is 0 Å². The van der Waals surface area contributed by atoms with Crippen LogP contribution in [0.3, 0.4) is 0 Å². The first kappa shape index (κ1) is 14.4. The van der Waals surface area contributed by atoms with Crippen LogP contribution >= 0.6 is 0 Å². The van der Waals surface area contributed by atoms with Gasteiger partial charge in [0.05, 0.1) is 6.10 Å². The molecule has 0 unspecified atom stereocenters. The van der Waals surface area contributed by atoms with Crippen LogP contribution in [0.1, 0.15) is 74.0 Å². The van der Waals surface area contributed by atoms with Crippen molar-refractivity contribution < 1.29 is 4.74 Å². The van der Waals surface area contributed by atoms with Gasteiger partial charge >= 0.3 is 0 Å². The summed E-state index contributed by atoms with van der Waals surface area (Å²) in [5.41, 5.74) is 5.22. The predicted molar refractivity (Wildman–Crippen MR) is 89.9 cm³/mol. The predicted octanol–water partition coefficient (Wildman–Crippen LogP) is 4.84. The molecule has 1 spiro atoms. The van der Waals surface area contributed by atoms with Crippen LogP contribution in [0.5, 0.6) is 0 Å². The third-order valence-electron chi connectivity index (χ3n) is 6.51. The van der Waals surface area contributed by atoms with E-state index < -0.39 is 0 Å². The van der Waals surface area contributed by atoms with Crippen LogP contribution in [0.15, 0.2) is 18.2 Å². The van der Waals surface area contributed by atoms with Gasteiger partial charge in [-0.1, -0.05) is 25.0 Å². The van der Waals surface area contributed by atoms with Gasteiger partial charge in [-0.2, -0.15) is 0 Å². The second kappa shape index (κ2) is 5.49. The fraction of sp³-hybridized carbons (Fsp3) is 0.650. The zero-order valence-corrected chi connectivity index (χ0v) is 13.7. The number of hydrogen-bond acceptors (Lipinski definition) is 2. The third-order valence-corrected chi connectivity index (χ3v) is 6.51. The summed E-state index contributed by atoms with van der Waals surface area (Å²) in [7, 11) is 1.82. The average molecular weight is 297 g/mol. The zero-order valence-electron chi connectivity index (χ0n) is 13.7. The number of hydrogen-bond donors (Lipinski definition) is 1. The molecule has 0 heterocycles. The van der Waals surface area contributed by atoms with E-state index in [1.165, 1.54) is 42.4 Å². The molecule has 4 rings (SSSR count). The Kier molecular flexibility index (Phi) is 3.60. The van der Waals surface area contributed by atoms with Crippen LogP contribution in [0.2, 0.25) is 0 Å². The quantitative estimate of drug-likeness (QED) is 0.832. The molecule has 2 fully saturated rings. The van der Waals surface area contributed by atoms with Crippen molar-refractivity contribution in [1.29, 1.82) is 5.41 Å². The van der Waals surface area contributed by atoms with Crippen molar-refractivity contribution >= 4 is 5.71 Å². The van der Waals surface area contributed by atoms with Gasteiger partial charge in [-0.3, -0.25) is 0 Å². The normalized spacial score (nSPS) is 31.9. The molecule has 0 atom stereocenters. The van der Waals surface area contributed by atoms with Gasteiger partial charge in [0, 0.05) is 18.2 Å². The van der Waals surface area contributed by atoms with E-state index in [1.807, 2.05) is 7.11 Å². The van der Waals surface area contributed by atoms with Crippen LogP contribution in [0.4, 0.5) is 0 Å². The Labute approximate surface area is 133 Å². The monoisotopic (exact) mass is 297 g/mol. The molecule has 118 valence electrons. The Bertz CT molecular complexity index is 577. The molecule has 1 N–H and O–H groups in total. The van der Waals surface area contributed by atoms with Crippen molar-refractivity contribution in [2.45, 2.75) is 69.8 Å². The topological polar surface area (TPSA) is 33.1 Å². The SMILES string of the molecule is COC1CCC2(CC1)Cc1ccc(C3CCCC3)cc1C2=N. The highest BCUT2D eigenvalue weighted by atomic mass is 16.5. The highest BCUT2D eigenvalue weighted by Gasteiger charge is 2.44. The van der Waals surface area contributed by atoms with E-state index in [0.717, 1.165) is 43.7 Å². The van der Waals surface area contributed by atoms with E-state index in [2.05, 4.69) is 18.2 Å². The summed E-state index contributed by atoms with van der Waals surface area (Å²) in [5, 5.41) is 8.82. The van der Waals surface area contributed by atoms with Crippen molar-refractivity contribution in [2.24, 2.45) is 5.41 Å². The molecule has 0 amide bonds. The summed E-state index contributed by atoms with van der Waals surface area (Å²) in [6.07, 6.45) is 11.4. The smallest absolute Gasteiger partial charge is 0.0572 e. The van der Waals surface area contributed by atoms with E-state index in [0.29, 0.717) is 6.10 Å². The summed E-state index contributed by atoms with van der Waals surface area (Å²) in [4.78, 5) is 0. The molecule has 2 saturated carbocycles. The number of benzene rings is 1. The van der Waals surface area contributed by atoms with Crippen LogP contribution in [-0.2, 0) is 11.2 Å². The molecule has 3 aliphatic rings. The highest BCUT2D eigenvalue weighted by Crippen LogP contribution is 2.48. The Morgan fingerprint density at radius 2 is 1.82 bits per heavy atom. The van der Waals surface area contributed by atoms with Gasteiger partial charge in [0.15, 0.2) is 0 Å². The second-order valence-corrected chi connectivity index (χ2v) is 7.67. The first-order valence-corrected chi connectivity index (χ1v) is 8.97. The lowest BCUT2D eigenvalue weighted by Crippen LogP contribution is -2.35. The molecule has 2 heteroatoms. The largest absolute Gasteiger partial charge is 0.381 e. The van der Waals surface area contributed by atoms with Crippen molar-refractivity contribution in [3.63, 3.8) is 0 Å². The number of fused-ring (bicyclic) bond motifs is 1. The van der Waals surface area contributed by atoms with E-state index in [9.17, 15) is 0 Å². The molecule has 2 nitrogen and oxygen atoms in total. The lowest BCUT2D eigenvalue weighted by atomic mass is 9.70. The highest BCUT2D eigenvalue weighted by molar-refractivity contribution is 6.07. The molecule has 0 bridgehead atoms. The van der Waals surface area contributed by atoms with Crippen LogP contribution in [0, 0.1) is 10.8 Å². The standard InChI is InChI=1S/C20H27NO/c1-22-17-8-10-20(11-9-17)13-16-7-6-15(12-18(16)19(20)21)14-4-2-3-5-14/h6-7,12,14,17,21H,2-5,8-11,13H2,1H3. The fourth-order valence-electron chi connectivity index (χ4n) is 5.04. The van der Waals surface area contributed by atoms with Gasteiger partial charge in [-0.25, -0.2) is 0 Å². The van der Waals surface area contributed by atoms with E-state index in [-0.39, 0.29) is 5.41 Å². The van der Waals surface area contributed by atoms with Crippen molar-refractivity contribution in [3.8, 4) is 0 Å². The van der Waals surface area contributed by atoms with Gasteiger partial charge in [0.2, 0.25) is 0 Å². The second-order valence-electron chi connectivity index (χ2n) is 7.67. The Morgan fingerprint density at radius 3 is 2.50 bits per heavy atom. The fourth-order valence-corrected chi connectivity index (χ4v) is 5.04. The first-order valence-electron chi connectivity index (χ1n) is 8.97. The van der Waals surface area contributed by atoms with Crippen LogP contribution < -0.4 is 0 Å². The first-order chi connectivity index (χ1) is 10.7. The number of ether oxygens (including phenoxy) is 1. The lowest BCUT2D eigenvalue weighted by molar-refractivity contribution is 0.0467.